The number of likely N-dealkylation sites (N-methyl/N-ethyl adjacent to an activating group) is 2. The maximum Gasteiger partial charge on any atom is 0.0622 e. The van der Waals surface area contributed by atoms with Gasteiger partial charge in [0.1, 0.15) is 0 Å². The SMILES string of the molecule is CCCCN1C=CC(C)=CC1.CCCCN1C=CC=C(C)C1.CCCCN1C=CC=CC1.CCN1C=CC=C(C)C1.CCN1C=CC=CC1.N#CCCCN1C=CC=CC1.OCCCN1C=CC=CC1. The van der Waals surface area contributed by atoms with Gasteiger partial charge < -0.3 is 39.4 Å². The molecule has 7 aliphatic rings. The van der Waals surface area contributed by atoms with E-state index in [1.165, 1.54) is 74.9 Å². The van der Waals surface area contributed by atoms with Gasteiger partial charge in [0.05, 0.1) is 6.07 Å². The van der Waals surface area contributed by atoms with E-state index >= 15 is 0 Å². The standard InChI is InChI=1S/2C10H17N.C9H12N2.C9H15N.C8H13NO.C8H13N.C7H11N/c1-3-4-7-11-8-5-10(2)6-9-11;1-3-4-7-11-8-5-6-10(2)9-11;10-6-2-5-9-11-7-3-1-4-8-11;1-2-3-7-10-8-5-4-6-9-10;10-8-4-7-9-5-2-1-3-6-9;1-3-9-6-4-5-8(2)7-9;1-2-8-6-4-3-5-7-8/h2*5-6,8H,3-4,7,9H2,1-2H3;1,3-4,7H,2,5,8-9H2;4-6,8H,2-3,7,9H2,1H3;1-3,5,10H,4,6-8H2;4-6H,3,7H2,1-2H3;3-6H,2,7H2,1H3. The molecule has 0 spiro atoms. The Morgan fingerprint density at radius 1 is 0.443 bits per heavy atom. The lowest BCUT2D eigenvalue weighted by Gasteiger charge is -2.22. The van der Waals surface area contributed by atoms with Gasteiger partial charge in [-0.25, -0.2) is 0 Å². The van der Waals surface area contributed by atoms with Crippen LogP contribution in [0.5, 0.6) is 0 Å². The van der Waals surface area contributed by atoms with Crippen molar-refractivity contribution in [3.05, 3.63) is 169 Å². The molecule has 70 heavy (non-hydrogen) atoms. The highest BCUT2D eigenvalue weighted by Crippen LogP contribution is 2.09. The number of aliphatic hydroxyl groups is 1. The molecule has 388 valence electrons. The van der Waals surface area contributed by atoms with Crippen LogP contribution >= 0.6 is 0 Å². The van der Waals surface area contributed by atoms with Gasteiger partial charge in [-0.15, -0.1) is 0 Å². The minimum absolute atomic E-state index is 0.286. The Labute approximate surface area is 429 Å². The summed E-state index contributed by atoms with van der Waals surface area (Å²) in [6.45, 7) is 33.0. The molecule has 9 heteroatoms. The number of aliphatic hydroxyl groups excluding tert-OH is 1. The van der Waals surface area contributed by atoms with Crippen LogP contribution in [0.1, 0.15) is 113 Å². The molecule has 0 aromatic rings. The van der Waals surface area contributed by atoms with Gasteiger partial charge in [-0.1, -0.05) is 124 Å². The lowest BCUT2D eigenvalue weighted by molar-refractivity contribution is 0.264. The average Bonchev–Trinajstić information content (AvgIpc) is 3.41. The molecule has 7 rings (SSSR count). The molecule has 0 aromatic heterocycles. The van der Waals surface area contributed by atoms with E-state index in [2.05, 4.69) is 224 Å². The zero-order valence-corrected chi connectivity index (χ0v) is 45.4. The molecule has 7 aliphatic heterocycles. The van der Waals surface area contributed by atoms with Crippen LogP contribution in [0, 0.1) is 11.3 Å². The first-order chi connectivity index (χ1) is 34.2. The average molecular weight is 960 g/mol. The van der Waals surface area contributed by atoms with E-state index in [0.717, 1.165) is 84.8 Å². The van der Waals surface area contributed by atoms with Crippen molar-refractivity contribution in [1.29, 1.82) is 5.26 Å². The number of nitrogens with zero attached hydrogens (tertiary/aromatic N) is 8. The molecule has 0 unspecified atom stereocenters. The fraction of sp³-hybridized carbons (Fsp3) is 0.525. The molecule has 0 fully saturated rings. The van der Waals surface area contributed by atoms with Crippen molar-refractivity contribution in [3.63, 3.8) is 0 Å². The minimum atomic E-state index is 0.286. The van der Waals surface area contributed by atoms with E-state index in [9.17, 15) is 0 Å². The first-order valence-corrected chi connectivity index (χ1v) is 26.7. The Morgan fingerprint density at radius 2 is 0.829 bits per heavy atom. The van der Waals surface area contributed by atoms with Crippen LogP contribution < -0.4 is 0 Å². The number of unbranched alkanes of at least 4 members (excludes halogenated alkanes) is 4. The highest BCUT2D eigenvalue weighted by atomic mass is 16.3. The molecule has 7 heterocycles. The predicted molar refractivity (Wildman–Crippen MR) is 305 cm³/mol. The second kappa shape index (κ2) is 44.6. The molecule has 0 amide bonds. The molecular formula is C61H98N8O. The van der Waals surface area contributed by atoms with Crippen molar-refractivity contribution in [2.45, 2.75) is 113 Å². The largest absolute Gasteiger partial charge is 0.396 e. The number of hydrogen-bond acceptors (Lipinski definition) is 9. The zero-order chi connectivity index (χ0) is 51.1. The van der Waals surface area contributed by atoms with Crippen LogP contribution in [0.2, 0.25) is 0 Å². The molecule has 0 radical (unpaired) electrons. The Bertz CT molecular complexity index is 1760. The first-order valence-electron chi connectivity index (χ1n) is 26.7. The van der Waals surface area contributed by atoms with Crippen LogP contribution in [-0.4, -0.2) is 138 Å². The maximum atomic E-state index is 8.53. The summed E-state index contributed by atoms with van der Waals surface area (Å²) >= 11 is 0. The van der Waals surface area contributed by atoms with E-state index in [4.69, 9.17) is 10.4 Å². The number of rotatable bonds is 17. The molecule has 0 aliphatic carbocycles. The van der Waals surface area contributed by atoms with E-state index < -0.39 is 0 Å². The summed E-state index contributed by atoms with van der Waals surface area (Å²) in [5.74, 6) is 0. The lowest BCUT2D eigenvalue weighted by atomic mass is 10.2. The van der Waals surface area contributed by atoms with Gasteiger partial charge in [0.2, 0.25) is 0 Å². The van der Waals surface area contributed by atoms with E-state index in [0.29, 0.717) is 6.42 Å². The van der Waals surface area contributed by atoms with Gasteiger partial charge in [-0.05, 0) is 153 Å². The highest BCUT2D eigenvalue weighted by molar-refractivity contribution is 5.20. The topological polar surface area (TPSA) is 66.7 Å². The van der Waals surface area contributed by atoms with Crippen LogP contribution in [0.3, 0.4) is 0 Å². The third kappa shape index (κ3) is 35.5. The van der Waals surface area contributed by atoms with Gasteiger partial charge in [0.25, 0.3) is 0 Å². The molecule has 0 saturated heterocycles. The second-order valence-corrected chi connectivity index (χ2v) is 18.1. The van der Waals surface area contributed by atoms with Gasteiger partial charge >= 0.3 is 0 Å². The molecule has 1 N–H and O–H groups in total. The van der Waals surface area contributed by atoms with E-state index in [-0.39, 0.29) is 6.61 Å². The van der Waals surface area contributed by atoms with Crippen LogP contribution in [0.4, 0.5) is 0 Å². The fourth-order valence-corrected chi connectivity index (χ4v) is 7.14. The van der Waals surface area contributed by atoms with Crippen LogP contribution in [-0.2, 0) is 0 Å². The van der Waals surface area contributed by atoms with Crippen molar-refractivity contribution < 1.29 is 5.11 Å². The third-order valence-corrected chi connectivity index (χ3v) is 11.5. The summed E-state index contributed by atoms with van der Waals surface area (Å²) in [5, 5.41) is 16.8. The Kier molecular flexibility index (Phi) is 39.8. The van der Waals surface area contributed by atoms with Crippen molar-refractivity contribution in [1.82, 2.24) is 34.3 Å². The summed E-state index contributed by atoms with van der Waals surface area (Å²) in [7, 11) is 0. The quantitative estimate of drug-likeness (QED) is 0.144. The Hall–Kier alpha value is -5.59. The molecule has 9 nitrogen and oxygen atoms in total. The lowest BCUT2D eigenvalue weighted by Crippen LogP contribution is -2.22. The summed E-state index contributed by atoms with van der Waals surface area (Å²) in [4.78, 5) is 16.0. The van der Waals surface area contributed by atoms with Gasteiger partial charge in [0, 0.05) is 105 Å². The molecule has 0 atom stereocenters. The molecule has 0 aromatic carbocycles. The summed E-state index contributed by atoms with van der Waals surface area (Å²) in [6, 6.07) is 2.14. The number of nitriles is 1. The predicted octanol–water partition coefficient (Wildman–Crippen LogP) is 12.9. The van der Waals surface area contributed by atoms with Crippen molar-refractivity contribution in [3.8, 4) is 6.07 Å². The molecule has 0 saturated carbocycles. The van der Waals surface area contributed by atoms with E-state index in [1.54, 1.807) is 0 Å². The first kappa shape index (κ1) is 62.4. The maximum absolute atomic E-state index is 8.53. The highest BCUT2D eigenvalue weighted by Gasteiger charge is 2.03. The van der Waals surface area contributed by atoms with Crippen molar-refractivity contribution in [2.75, 3.05) is 98.2 Å². The minimum Gasteiger partial charge on any atom is -0.396 e. The van der Waals surface area contributed by atoms with Crippen LogP contribution in [0.15, 0.2) is 169 Å². The third-order valence-electron chi connectivity index (χ3n) is 11.5. The Balaban J connectivity index is 0.000000409. The number of allylic oxidation sites excluding steroid dienone is 14. The smallest absolute Gasteiger partial charge is 0.0622 e. The Morgan fingerprint density at radius 3 is 1.17 bits per heavy atom. The molecular weight excluding hydrogens is 861 g/mol. The van der Waals surface area contributed by atoms with Crippen LogP contribution in [0.25, 0.3) is 0 Å². The normalized spacial score (nSPS) is 16.6. The van der Waals surface area contributed by atoms with Gasteiger partial charge in [-0.3, -0.25) is 0 Å². The molecule has 0 bridgehead atoms. The van der Waals surface area contributed by atoms with Crippen molar-refractivity contribution >= 4 is 0 Å². The monoisotopic (exact) mass is 959 g/mol. The summed E-state index contributed by atoms with van der Waals surface area (Å²) in [5.41, 5.74) is 4.29. The summed E-state index contributed by atoms with van der Waals surface area (Å²) in [6.07, 6.45) is 63.2. The summed E-state index contributed by atoms with van der Waals surface area (Å²) < 4.78 is 0. The number of hydrogen-bond donors (Lipinski definition) is 1. The van der Waals surface area contributed by atoms with Crippen molar-refractivity contribution in [2.24, 2.45) is 0 Å². The fourth-order valence-electron chi connectivity index (χ4n) is 7.14. The van der Waals surface area contributed by atoms with Gasteiger partial charge in [-0.2, -0.15) is 5.26 Å². The zero-order valence-electron chi connectivity index (χ0n) is 45.4. The second-order valence-electron chi connectivity index (χ2n) is 18.1. The van der Waals surface area contributed by atoms with E-state index in [1.807, 2.05) is 24.3 Å². The van der Waals surface area contributed by atoms with Gasteiger partial charge in [0.15, 0.2) is 0 Å².